The Bertz CT molecular complexity index is 589. The topological polar surface area (TPSA) is 48.0 Å². The standard InChI is InChI=1S/C19H26ClNO4/c1-14-13-15(7-8-16(14)20)23-10-4-6-18(22)21-9-3-2-5-17(21)19-24-11-12-25-19/h7-8,13,17,19H,2-6,9-12H2,1H3. The Hall–Kier alpha value is -1.30. The number of hydrogen-bond acceptors (Lipinski definition) is 4. The number of carbonyl (C=O) groups is 1. The van der Waals surface area contributed by atoms with Crippen LogP contribution in [-0.4, -0.2) is 49.5 Å². The second-order valence-electron chi connectivity index (χ2n) is 6.62. The number of ether oxygens (including phenoxy) is 3. The highest BCUT2D eigenvalue weighted by atomic mass is 35.5. The third kappa shape index (κ3) is 4.87. The van der Waals surface area contributed by atoms with Crippen molar-refractivity contribution < 1.29 is 19.0 Å². The lowest BCUT2D eigenvalue weighted by Gasteiger charge is -2.38. The van der Waals surface area contributed by atoms with E-state index in [1.807, 2.05) is 30.0 Å². The maximum atomic E-state index is 12.6. The molecule has 2 heterocycles. The molecule has 2 aliphatic rings. The first kappa shape index (κ1) is 18.5. The fourth-order valence-corrected chi connectivity index (χ4v) is 3.53. The highest BCUT2D eigenvalue weighted by Gasteiger charge is 2.35. The summed E-state index contributed by atoms with van der Waals surface area (Å²) in [6.07, 6.45) is 4.05. The van der Waals surface area contributed by atoms with Gasteiger partial charge in [-0.25, -0.2) is 0 Å². The molecule has 0 saturated carbocycles. The molecule has 138 valence electrons. The lowest BCUT2D eigenvalue weighted by atomic mass is 10.0. The van der Waals surface area contributed by atoms with Gasteiger partial charge in [-0.2, -0.15) is 0 Å². The largest absolute Gasteiger partial charge is 0.494 e. The van der Waals surface area contributed by atoms with Crippen LogP contribution in [0.1, 0.15) is 37.7 Å². The van der Waals surface area contributed by atoms with Crippen molar-refractivity contribution in [3.8, 4) is 5.75 Å². The Morgan fingerprint density at radius 2 is 2.12 bits per heavy atom. The first-order valence-corrected chi connectivity index (χ1v) is 9.44. The lowest BCUT2D eigenvalue weighted by Crippen LogP contribution is -2.50. The van der Waals surface area contributed by atoms with Crippen molar-refractivity contribution in [3.05, 3.63) is 28.8 Å². The Labute approximate surface area is 154 Å². The SMILES string of the molecule is Cc1cc(OCCCC(=O)N2CCCCC2C2OCCO2)ccc1Cl. The molecule has 25 heavy (non-hydrogen) atoms. The van der Waals surface area contributed by atoms with Crippen molar-refractivity contribution in [1.29, 1.82) is 0 Å². The van der Waals surface area contributed by atoms with E-state index in [9.17, 15) is 4.79 Å². The Kier molecular flexibility index (Phi) is 6.57. The van der Waals surface area contributed by atoms with Crippen LogP contribution in [0.15, 0.2) is 18.2 Å². The maximum Gasteiger partial charge on any atom is 0.223 e. The van der Waals surface area contributed by atoms with Gasteiger partial charge in [0, 0.05) is 18.0 Å². The van der Waals surface area contributed by atoms with Crippen molar-refractivity contribution >= 4 is 17.5 Å². The predicted octanol–water partition coefficient (Wildman–Crippen LogP) is 3.56. The summed E-state index contributed by atoms with van der Waals surface area (Å²) in [4.78, 5) is 14.6. The minimum atomic E-state index is -0.252. The van der Waals surface area contributed by atoms with Gasteiger partial charge in [-0.15, -0.1) is 0 Å². The quantitative estimate of drug-likeness (QED) is 0.721. The number of amides is 1. The van der Waals surface area contributed by atoms with Crippen LogP contribution in [0.5, 0.6) is 5.75 Å². The van der Waals surface area contributed by atoms with E-state index < -0.39 is 0 Å². The van der Waals surface area contributed by atoms with Crippen LogP contribution in [0.25, 0.3) is 0 Å². The molecule has 3 rings (SSSR count). The fraction of sp³-hybridized carbons (Fsp3) is 0.632. The van der Waals surface area contributed by atoms with Crippen LogP contribution in [0.4, 0.5) is 0 Å². The number of carbonyl (C=O) groups excluding carboxylic acids is 1. The number of piperidine rings is 1. The van der Waals surface area contributed by atoms with Crippen LogP contribution >= 0.6 is 11.6 Å². The Morgan fingerprint density at radius 3 is 2.88 bits per heavy atom. The number of likely N-dealkylation sites (tertiary alicyclic amines) is 1. The molecule has 0 radical (unpaired) electrons. The van der Waals surface area contributed by atoms with Crippen LogP contribution in [-0.2, 0) is 14.3 Å². The van der Waals surface area contributed by atoms with Gasteiger partial charge in [0.15, 0.2) is 6.29 Å². The smallest absolute Gasteiger partial charge is 0.223 e. The third-order valence-corrected chi connectivity index (χ3v) is 5.19. The first-order valence-electron chi connectivity index (χ1n) is 9.07. The zero-order valence-corrected chi connectivity index (χ0v) is 15.5. The highest BCUT2D eigenvalue weighted by molar-refractivity contribution is 6.31. The second-order valence-corrected chi connectivity index (χ2v) is 7.03. The molecule has 2 fully saturated rings. The van der Waals surface area contributed by atoms with Crippen molar-refractivity contribution in [2.45, 2.75) is 51.4 Å². The van der Waals surface area contributed by atoms with E-state index in [2.05, 4.69) is 0 Å². The van der Waals surface area contributed by atoms with Crippen LogP contribution in [0.2, 0.25) is 5.02 Å². The van der Waals surface area contributed by atoms with Gasteiger partial charge >= 0.3 is 0 Å². The molecule has 0 spiro atoms. The molecule has 0 bridgehead atoms. The van der Waals surface area contributed by atoms with E-state index in [0.29, 0.717) is 32.7 Å². The number of aryl methyl sites for hydroxylation is 1. The van der Waals surface area contributed by atoms with E-state index in [1.54, 1.807) is 0 Å². The Morgan fingerprint density at radius 1 is 1.32 bits per heavy atom. The minimum Gasteiger partial charge on any atom is -0.494 e. The van der Waals surface area contributed by atoms with Gasteiger partial charge in [-0.3, -0.25) is 4.79 Å². The fourth-order valence-electron chi connectivity index (χ4n) is 3.41. The summed E-state index contributed by atoms with van der Waals surface area (Å²) in [5, 5.41) is 0.731. The number of hydrogen-bond donors (Lipinski definition) is 0. The highest BCUT2D eigenvalue weighted by Crippen LogP contribution is 2.25. The molecule has 2 saturated heterocycles. The molecule has 1 unspecified atom stereocenters. The van der Waals surface area contributed by atoms with Gasteiger partial charge in [0.2, 0.25) is 5.91 Å². The summed E-state index contributed by atoms with van der Waals surface area (Å²) >= 11 is 6.01. The average molecular weight is 368 g/mol. The zero-order valence-electron chi connectivity index (χ0n) is 14.7. The molecule has 1 aromatic carbocycles. The maximum absolute atomic E-state index is 12.6. The molecule has 0 aliphatic carbocycles. The lowest BCUT2D eigenvalue weighted by molar-refractivity contribution is -0.150. The van der Waals surface area contributed by atoms with Crippen LogP contribution < -0.4 is 4.74 Å². The predicted molar refractivity (Wildman–Crippen MR) is 96.0 cm³/mol. The van der Waals surface area contributed by atoms with Crippen molar-refractivity contribution in [2.24, 2.45) is 0 Å². The summed E-state index contributed by atoms with van der Waals surface area (Å²) < 4.78 is 17.0. The van der Waals surface area contributed by atoms with Gasteiger partial charge in [0.1, 0.15) is 5.75 Å². The molecule has 6 heteroatoms. The molecular weight excluding hydrogens is 342 g/mol. The minimum absolute atomic E-state index is 0.0589. The van der Waals surface area contributed by atoms with Gasteiger partial charge < -0.3 is 19.1 Å². The summed E-state index contributed by atoms with van der Waals surface area (Å²) in [5.41, 5.74) is 0.989. The molecular formula is C19H26ClNO4. The number of rotatable bonds is 6. The molecule has 1 atom stereocenters. The summed E-state index contributed by atoms with van der Waals surface area (Å²) in [6.45, 7) is 4.50. The van der Waals surface area contributed by atoms with Crippen LogP contribution in [0.3, 0.4) is 0 Å². The number of benzene rings is 1. The van der Waals surface area contributed by atoms with E-state index in [-0.39, 0.29) is 18.2 Å². The molecule has 5 nitrogen and oxygen atoms in total. The normalized spacial score (nSPS) is 21.5. The van der Waals surface area contributed by atoms with Gasteiger partial charge in [-0.1, -0.05) is 11.6 Å². The van der Waals surface area contributed by atoms with E-state index in [0.717, 1.165) is 42.1 Å². The van der Waals surface area contributed by atoms with Gasteiger partial charge in [-0.05, 0) is 56.4 Å². The summed E-state index contributed by atoms with van der Waals surface area (Å²) in [6, 6.07) is 5.66. The van der Waals surface area contributed by atoms with E-state index in [1.165, 1.54) is 0 Å². The van der Waals surface area contributed by atoms with Crippen molar-refractivity contribution in [2.75, 3.05) is 26.4 Å². The second kappa shape index (κ2) is 8.88. The number of halogens is 1. The molecule has 2 aliphatic heterocycles. The van der Waals surface area contributed by atoms with Gasteiger partial charge in [0.25, 0.3) is 0 Å². The monoisotopic (exact) mass is 367 g/mol. The summed E-state index contributed by atoms with van der Waals surface area (Å²) in [5.74, 6) is 0.956. The summed E-state index contributed by atoms with van der Waals surface area (Å²) in [7, 11) is 0. The average Bonchev–Trinajstić information content (AvgIpc) is 3.16. The zero-order chi connectivity index (χ0) is 17.6. The van der Waals surface area contributed by atoms with Crippen molar-refractivity contribution in [1.82, 2.24) is 4.90 Å². The number of nitrogens with zero attached hydrogens (tertiary/aromatic N) is 1. The molecule has 1 aromatic rings. The van der Waals surface area contributed by atoms with E-state index in [4.69, 9.17) is 25.8 Å². The molecule has 1 amide bonds. The van der Waals surface area contributed by atoms with Gasteiger partial charge in [0.05, 0.1) is 25.9 Å². The Balaban J connectivity index is 1.45. The molecule has 0 aromatic heterocycles. The molecule has 0 N–H and O–H groups in total. The first-order chi connectivity index (χ1) is 12.1. The van der Waals surface area contributed by atoms with Crippen molar-refractivity contribution in [3.63, 3.8) is 0 Å². The van der Waals surface area contributed by atoms with Crippen LogP contribution in [0, 0.1) is 6.92 Å². The third-order valence-electron chi connectivity index (χ3n) is 4.76. The van der Waals surface area contributed by atoms with E-state index >= 15 is 0 Å².